The second-order valence-corrected chi connectivity index (χ2v) is 14.2. The van der Waals surface area contributed by atoms with Crippen molar-refractivity contribution in [3.05, 3.63) is 48.0 Å². The Hall–Kier alpha value is -1.55. The van der Waals surface area contributed by atoms with E-state index in [1.807, 2.05) is 57.3 Å². The summed E-state index contributed by atoms with van der Waals surface area (Å²) in [7, 11) is -2.61. The Balaban J connectivity index is 1.87. The maximum absolute atomic E-state index is 12.3. The number of ether oxygens (including phenoxy) is 1. The molecule has 166 valence electrons. The van der Waals surface area contributed by atoms with Gasteiger partial charge in [0.2, 0.25) is 0 Å². The van der Waals surface area contributed by atoms with Crippen LogP contribution in [0.3, 0.4) is 0 Å². The molecule has 1 aliphatic carbocycles. The molecule has 1 aromatic rings. The fourth-order valence-electron chi connectivity index (χ4n) is 4.11. The average molecular weight is 436 g/mol. The van der Waals surface area contributed by atoms with E-state index in [2.05, 4.69) is 5.48 Å². The minimum absolute atomic E-state index is 0.0569. The number of carbonyl (C=O) groups excluding carboxylic acids is 1. The molecular weight excluding hydrogens is 402 g/mol. The van der Waals surface area contributed by atoms with Gasteiger partial charge in [-0.15, -0.1) is 0 Å². The van der Waals surface area contributed by atoms with Crippen molar-refractivity contribution >= 4 is 14.3 Å². The number of rotatable bonds is 8. The molecule has 1 heterocycles. The molecular formula is C22H33NO6Si. The predicted octanol–water partition coefficient (Wildman–Crippen LogP) is 2.04. The van der Waals surface area contributed by atoms with Crippen LogP contribution in [-0.4, -0.2) is 53.1 Å². The number of hydrogen-bond acceptors (Lipinski definition) is 7. The van der Waals surface area contributed by atoms with E-state index in [1.165, 1.54) is 6.08 Å². The Kier molecular flexibility index (Phi) is 6.30. The van der Waals surface area contributed by atoms with Crippen LogP contribution < -0.4 is 5.48 Å². The number of fused-ring (bicyclic) bond motifs is 1. The highest BCUT2D eigenvalue weighted by molar-refractivity contribution is 6.72. The molecule has 8 heteroatoms. The largest absolute Gasteiger partial charge is 0.459 e. The van der Waals surface area contributed by atoms with E-state index in [-0.39, 0.29) is 6.42 Å². The zero-order valence-corrected chi connectivity index (χ0v) is 19.1. The molecule has 4 atom stereocenters. The molecule has 0 bridgehead atoms. The summed E-state index contributed by atoms with van der Waals surface area (Å²) >= 11 is 0. The van der Waals surface area contributed by atoms with Crippen LogP contribution in [0.5, 0.6) is 0 Å². The van der Waals surface area contributed by atoms with Crippen molar-refractivity contribution in [2.24, 2.45) is 5.92 Å². The maximum Gasteiger partial charge on any atom is 0.308 e. The number of hydroxylamine groups is 1. The standard InChI is InChI=1S/C22H33NO6Si/c1-20(2,30(3,4)27)12-17-19-21(13-18(25)29-19,10-11-22(17,26)15-24)23-28-14-16-8-6-5-7-9-16/h5-11,17,19,23-24,26-27H,12-15H2,1-4H3/t17-,19+,21-,22+/m0/s1. The Bertz CT molecular complexity index is 793. The van der Waals surface area contributed by atoms with Crippen molar-refractivity contribution in [1.82, 2.24) is 5.48 Å². The Labute approximate surface area is 178 Å². The minimum Gasteiger partial charge on any atom is -0.459 e. The Morgan fingerprint density at radius 3 is 2.53 bits per heavy atom. The fraction of sp³-hybridized carbons (Fsp3) is 0.591. The molecule has 1 aromatic carbocycles. The zero-order valence-electron chi connectivity index (χ0n) is 18.1. The first-order valence-corrected chi connectivity index (χ1v) is 13.3. The van der Waals surface area contributed by atoms with Gasteiger partial charge in [-0.05, 0) is 30.1 Å². The van der Waals surface area contributed by atoms with Crippen molar-refractivity contribution in [3.8, 4) is 0 Å². The molecule has 0 radical (unpaired) electrons. The maximum atomic E-state index is 12.3. The molecule has 2 aliphatic rings. The van der Waals surface area contributed by atoms with E-state index in [0.29, 0.717) is 13.0 Å². The predicted molar refractivity (Wildman–Crippen MR) is 115 cm³/mol. The Morgan fingerprint density at radius 1 is 1.27 bits per heavy atom. The number of esters is 1. The van der Waals surface area contributed by atoms with Crippen LogP contribution in [0.25, 0.3) is 0 Å². The van der Waals surface area contributed by atoms with Crippen LogP contribution in [-0.2, 0) is 21.0 Å². The first-order valence-electron chi connectivity index (χ1n) is 10.3. The monoisotopic (exact) mass is 435 g/mol. The van der Waals surface area contributed by atoms with Crippen LogP contribution >= 0.6 is 0 Å². The Morgan fingerprint density at radius 2 is 1.93 bits per heavy atom. The fourth-order valence-corrected chi connectivity index (χ4v) is 4.83. The third kappa shape index (κ3) is 4.39. The number of benzene rings is 1. The smallest absolute Gasteiger partial charge is 0.308 e. The van der Waals surface area contributed by atoms with Gasteiger partial charge >= 0.3 is 5.97 Å². The lowest BCUT2D eigenvalue weighted by Crippen LogP contribution is -2.62. The lowest BCUT2D eigenvalue weighted by molar-refractivity contribution is -0.154. The van der Waals surface area contributed by atoms with Crippen LogP contribution in [0.4, 0.5) is 0 Å². The van der Waals surface area contributed by atoms with Gasteiger partial charge in [0.05, 0.1) is 19.6 Å². The van der Waals surface area contributed by atoms with Gasteiger partial charge in [0, 0.05) is 5.92 Å². The molecule has 1 fully saturated rings. The summed E-state index contributed by atoms with van der Waals surface area (Å²) in [5.74, 6) is -1.01. The molecule has 0 aromatic heterocycles. The van der Waals surface area contributed by atoms with Gasteiger partial charge in [0.1, 0.15) is 17.2 Å². The summed E-state index contributed by atoms with van der Waals surface area (Å²) in [5, 5.41) is 20.6. The van der Waals surface area contributed by atoms with Crippen molar-refractivity contribution < 1.29 is 29.4 Å². The molecule has 7 nitrogen and oxygen atoms in total. The van der Waals surface area contributed by atoms with E-state index in [0.717, 1.165) is 5.56 Å². The van der Waals surface area contributed by atoms with Crippen molar-refractivity contribution in [1.29, 1.82) is 0 Å². The first kappa shape index (κ1) is 23.1. The van der Waals surface area contributed by atoms with Gasteiger partial charge in [-0.2, -0.15) is 5.48 Å². The zero-order chi connectivity index (χ0) is 22.2. The normalized spacial score (nSPS) is 31.5. The lowest BCUT2D eigenvalue weighted by Gasteiger charge is -2.49. The van der Waals surface area contributed by atoms with Crippen molar-refractivity contribution in [2.75, 3.05) is 6.61 Å². The minimum atomic E-state index is -2.61. The van der Waals surface area contributed by atoms with Crippen LogP contribution in [0.1, 0.15) is 32.3 Å². The molecule has 3 rings (SSSR count). The SMILES string of the molecule is CC(C)(C[C@H]1[C@H]2OC(=O)C[C@@]2(NOCc2ccccc2)C=C[C@@]1(O)CO)[Si](C)(C)O. The van der Waals surface area contributed by atoms with Crippen molar-refractivity contribution in [3.63, 3.8) is 0 Å². The van der Waals surface area contributed by atoms with Gasteiger partial charge in [-0.3, -0.25) is 9.63 Å². The highest BCUT2D eigenvalue weighted by Gasteiger charge is 2.60. The summed E-state index contributed by atoms with van der Waals surface area (Å²) in [5.41, 5.74) is 1.48. The third-order valence-electron chi connectivity index (χ3n) is 6.86. The number of aliphatic hydroxyl groups excluding tert-OH is 1. The summed E-state index contributed by atoms with van der Waals surface area (Å²) in [6.45, 7) is 7.39. The molecule has 0 amide bonds. The van der Waals surface area contributed by atoms with Gasteiger partial charge < -0.3 is 19.7 Å². The summed E-state index contributed by atoms with van der Waals surface area (Å²) in [6, 6.07) is 9.64. The van der Waals surface area contributed by atoms with Gasteiger partial charge in [0.15, 0.2) is 8.32 Å². The molecule has 0 spiro atoms. The summed E-state index contributed by atoms with van der Waals surface area (Å²) < 4.78 is 5.67. The molecule has 4 N–H and O–H groups in total. The number of nitrogens with one attached hydrogen (secondary N) is 1. The van der Waals surface area contributed by atoms with E-state index in [4.69, 9.17) is 9.57 Å². The lowest BCUT2D eigenvalue weighted by atomic mass is 9.67. The van der Waals surface area contributed by atoms with Gasteiger partial charge in [0.25, 0.3) is 0 Å². The quantitative estimate of drug-likeness (QED) is 0.214. The average Bonchev–Trinajstić information content (AvgIpc) is 3.01. The van der Waals surface area contributed by atoms with E-state index >= 15 is 0 Å². The van der Waals surface area contributed by atoms with E-state index in [9.17, 15) is 19.8 Å². The van der Waals surface area contributed by atoms with Gasteiger partial charge in [-0.25, -0.2) is 0 Å². The highest BCUT2D eigenvalue weighted by Crippen LogP contribution is 2.51. The molecule has 0 saturated carbocycles. The number of hydrogen-bond donors (Lipinski definition) is 4. The number of carbonyl (C=O) groups is 1. The van der Waals surface area contributed by atoms with Gasteiger partial charge in [-0.1, -0.05) is 56.3 Å². The van der Waals surface area contributed by atoms with E-state index < -0.39 is 49.1 Å². The summed E-state index contributed by atoms with van der Waals surface area (Å²) in [4.78, 5) is 28.8. The molecule has 1 saturated heterocycles. The van der Waals surface area contributed by atoms with Crippen LogP contribution in [0.2, 0.25) is 18.1 Å². The molecule has 0 unspecified atom stereocenters. The van der Waals surface area contributed by atoms with Crippen LogP contribution in [0, 0.1) is 5.92 Å². The topological polar surface area (TPSA) is 108 Å². The summed E-state index contributed by atoms with van der Waals surface area (Å²) in [6.07, 6.45) is 2.91. The third-order valence-corrected chi connectivity index (χ3v) is 10.4. The second-order valence-electron chi connectivity index (χ2n) is 9.74. The van der Waals surface area contributed by atoms with E-state index in [1.54, 1.807) is 6.08 Å². The first-order chi connectivity index (χ1) is 13.9. The van der Waals surface area contributed by atoms with Crippen molar-refractivity contribution in [2.45, 2.75) is 68.7 Å². The molecule has 30 heavy (non-hydrogen) atoms. The molecule has 1 aliphatic heterocycles. The highest BCUT2D eigenvalue weighted by atomic mass is 28.4. The van der Waals surface area contributed by atoms with Crippen LogP contribution in [0.15, 0.2) is 42.5 Å². The second kappa shape index (κ2) is 8.18. The number of aliphatic hydroxyl groups is 2.